The van der Waals surface area contributed by atoms with E-state index in [1.165, 1.54) is 6.42 Å². The van der Waals surface area contributed by atoms with Crippen LogP contribution in [0.4, 0.5) is 0 Å². The van der Waals surface area contributed by atoms with Crippen molar-refractivity contribution in [1.29, 1.82) is 0 Å². The van der Waals surface area contributed by atoms with E-state index in [1.54, 1.807) is 7.11 Å². The number of piperidine rings is 1. The smallest absolute Gasteiger partial charge is 0.0589 e. The topological polar surface area (TPSA) is 32.7 Å². The minimum Gasteiger partial charge on any atom is -0.393 e. The van der Waals surface area contributed by atoms with Gasteiger partial charge in [0.25, 0.3) is 0 Å². The van der Waals surface area contributed by atoms with Crippen LogP contribution in [0.5, 0.6) is 0 Å². The van der Waals surface area contributed by atoms with Gasteiger partial charge in [-0.25, -0.2) is 0 Å². The van der Waals surface area contributed by atoms with Crippen molar-refractivity contribution in [3.05, 3.63) is 6.92 Å². The number of aliphatic hydroxyl groups excluding tert-OH is 1. The van der Waals surface area contributed by atoms with E-state index in [2.05, 4.69) is 11.8 Å². The third-order valence-electron chi connectivity index (χ3n) is 2.70. The molecule has 0 bridgehead atoms. The molecule has 1 fully saturated rings. The molecule has 0 aromatic rings. The second kappa shape index (κ2) is 5.58. The van der Waals surface area contributed by atoms with Crippen LogP contribution in [0.15, 0.2) is 0 Å². The second-order valence-electron chi connectivity index (χ2n) is 3.76. The molecule has 0 aromatic heterocycles. The van der Waals surface area contributed by atoms with E-state index in [1.807, 2.05) is 0 Å². The third-order valence-corrected chi connectivity index (χ3v) is 2.70. The fourth-order valence-electron chi connectivity index (χ4n) is 1.83. The molecule has 1 saturated heterocycles. The summed E-state index contributed by atoms with van der Waals surface area (Å²) in [5.74, 6) is 0.352. The van der Waals surface area contributed by atoms with Crippen molar-refractivity contribution in [1.82, 2.24) is 4.90 Å². The van der Waals surface area contributed by atoms with E-state index in [4.69, 9.17) is 4.74 Å². The first-order valence-corrected chi connectivity index (χ1v) is 4.96. The molecule has 1 aliphatic rings. The van der Waals surface area contributed by atoms with Crippen molar-refractivity contribution >= 4 is 0 Å². The van der Waals surface area contributed by atoms with Crippen molar-refractivity contribution in [2.45, 2.75) is 18.9 Å². The summed E-state index contributed by atoms with van der Waals surface area (Å²) in [6.07, 6.45) is 1.86. The first kappa shape index (κ1) is 11.0. The molecule has 3 heteroatoms. The average Bonchev–Trinajstić information content (AvgIpc) is 2.15. The lowest BCUT2D eigenvalue weighted by molar-refractivity contribution is 0.0625. The predicted molar refractivity (Wildman–Crippen MR) is 52.4 cm³/mol. The van der Waals surface area contributed by atoms with Gasteiger partial charge in [0.1, 0.15) is 0 Å². The third kappa shape index (κ3) is 3.63. The van der Waals surface area contributed by atoms with Crippen LogP contribution in [0.1, 0.15) is 12.8 Å². The van der Waals surface area contributed by atoms with Gasteiger partial charge in [0.15, 0.2) is 0 Å². The molecule has 1 heterocycles. The molecule has 13 heavy (non-hydrogen) atoms. The Hall–Kier alpha value is -0.120. The van der Waals surface area contributed by atoms with Gasteiger partial charge in [0, 0.05) is 20.2 Å². The van der Waals surface area contributed by atoms with Gasteiger partial charge < -0.3 is 14.7 Å². The summed E-state index contributed by atoms with van der Waals surface area (Å²) in [7, 11) is 1.72. The van der Waals surface area contributed by atoms with E-state index < -0.39 is 6.10 Å². The Morgan fingerprint density at radius 2 is 2.46 bits per heavy atom. The lowest BCUT2D eigenvalue weighted by Crippen LogP contribution is -2.40. The number of aliphatic hydroxyl groups is 1. The van der Waals surface area contributed by atoms with Crippen molar-refractivity contribution in [2.75, 3.05) is 33.4 Å². The monoisotopic (exact) mass is 186 g/mol. The number of likely N-dealkylation sites (tertiary alicyclic amines) is 1. The van der Waals surface area contributed by atoms with Gasteiger partial charge in [0.05, 0.1) is 12.7 Å². The molecule has 0 aliphatic carbocycles. The molecule has 0 aromatic carbocycles. The fraction of sp³-hybridized carbons (Fsp3) is 0.900. The van der Waals surface area contributed by atoms with Crippen LogP contribution in [0.2, 0.25) is 0 Å². The first-order chi connectivity index (χ1) is 6.24. The minimum absolute atomic E-state index is 0.352. The predicted octanol–water partition coefficient (Wildman–Crippen LogP) is 0.540. The highest BCUT2D eigenvalue weighted by Gasteiger charge is 2.22. The Kier molecular flexibility index (Phi) is 4.70. The fourth-order valence-corrected chi connectivity index (χ4v) is 1.83. The molecule has 1 N–H and O–H groups in total. The molecule has 2 unspecified atom stereocenters. The molecule has 3 nitrogen and oxygen atoms in total. The zero-order valence-electron chi connectivity index (χ0n) is 8.41. The summed E-state index contributed by atoms with van der Waals surface area (Å²) in [5.41, 5.74) is 0. The van der Waals surface area contributed by atoms with Crippen LogP contribution in [0.25, 0.3) is 0 Å². The second-order valence-corrected chi connectivity index (χ2v) is 3.76. The van der Waals surface area contributed by atoms with E-state index in [9.17, 15) is 5.11 Å². The van der Waals surface area contributed by atoms with Gasteiger partial charge in [-0.1, -0.05) is 0 Å². The zero-order chi connectivity index (χ0) is 9.68. The molecule has 2 atom stereocenters. The summed E-state index contributed by atoms with van der Waals surface area (Å²) < 4.78 is 5.02. The van der Waals surface area contributed by atoms with Crippen LogP contribution in [0.3, 0.4) is 0 Å². The summed E-state index contributed by atoms with van der Waals surface area (Å²) in [5, 5.41) is 9.35. The van der Waals surface area contributed by atoms with Gasteiger partial charge >= 0.3 is 0 Å². The highest BCUT2D eigenvalue weighted by Crippen LogP contribution is 2.18. The summed E-state index contributed by atoms with van der Waals surface area (Å²) in [6.45, 7) is 7.52. The van der Waals surface area contributed by atoms with Crippen LogP contribution < -0.4 is 0 Å². The molecule has 0 spiro atoms. The number of ether oxygens (including phenoxy) is 1. The first-order valence-electron chi connectivity index (χ1n) is 4.96. The Morgan fingerprint density at radius 3 is 3.08 bits per heavy atom. The van der Waals surface area contributed by atoms with Gasteiger partial charge in [-0.2, -0.15) is 0 Å². The Morgan fingerprint density at radius 1 is 1.69 bits per heavy atom. The summed E-state index contributed by atoms with van der Waals surface area (Å²) in [6, 6.07) is 0. The largest absolute Gasteiger partial charge is 0.393 e. The number of hydrogen-bond donors (Lipinski definition) is 1. The SMILES string of the molecule is [CH2]C(O)C1CCCN(CCOC)C1. The summed E-state index contributed by atoms with van der Waals surface area (Å²) in [4.78, 5) is 2.34. The van der Waals surface area contributed by atoms with E-state index in [-0.39, 0.29) is 0 Å². The van der Waals surface area contributed by atoms with Crippen LogP contribution in [-0.4, -0.2) is 49.5 Å². The van der Waals surface area contributed by atoms with Gasteiger partial charge in [0.2, 0.25) is 0 Å². The minimum atomic E-state index is -0.412. The van der Waals surface area contributed by atoms with Gasteiger partial charge in [-0.15, -0.1) is 0 Å². The van der Waals surface area contributed by atoms with Crippen molar-refractivity contribution in [3.63, 3.8) is 0 Å². The van der Waals surface area contributed by atoms with Crippen LogP contribution >= 0.6 is 0 Å². The van der Waals surface area contributed by atoms with E-state index in [0.29, 0.717) is 5.92 Å². The molecule has 77 valence electrons. The van der Waals surface area contributed by atoms with Gasteiger partial charge in [-0.3, -0.25) is 0 Å². The maximum Gasteiger partial charge on any atom is 0.0589 e. The maximum absolute atomic E-state index is 9.35. The van der Waals surface area contributed by atoms with Crippen molar-refractivity contribution < 1.29 is 9.84 Å². The Bertz CT molecular complexity index is 139. The lowest BCUT2D eigenvalue weighted by Gasteiger charge is -2.33. The zero-order valence-corrected chi connectivity index (χ0v) is 8.41. The number of rotatable bonds is 4. The lowest BCUT2D eigenvalue weighted by atomic mass is 9.93. The molecule has 0 amide bonds. The van der Waals surface area contributed by atoms with Crippen LogP contribution in [-0.2, 0) is 4.74 Å². The number of methoxy groups -OCH3 is 1. The molecule has 1 radical (unpaired) electrons. The number of nitrogens with zero attached hydrogens (tertiary/aromatic N) is 1. The molecule has 0 saturated carbocycles. The highest BCUT2D eigenvalue weighted by molar-refractivity contribution is 4.79. The normalized spacial score (nSPS) is 27.5. The van der Waals surface area contributed by atoms with Crippen molar-refractivity contribution in [2.24, 2.45) is 5.92 Å². The maximum atomic E-state index is 9.35. The average molecular weight is 186 g/mol. The highest BCUT2D eigenvalue weighted by atomic mass is 16.5. The number of hydrogen-bond acceptors (Lipinski definition) is 3. The quantitative estimate of drug-likeness (QED) is 0.695. The van der Waals surface area contributed by atoms with E-state index in [0.717, 1.165) is 32.7 Å². The van der Waals surface area contributed by atoms with Crippen LogP contribution in [0, 0.1) is 12.8 Å². The van der Waals surface area contributed by atoms with E-state index >= 15 is 0 Å². The standard InChI is InChI=1S/C10H20NO2/c1-9(12)10-4-3-5-11(8-10)6-7-13-2/h9-10,12H,1,3-8H2,2H3. The molecular formula is C10H20NO2. The Balaban J connectivity index is 2.25. The molecule has 1 aliphatic heterocycles. The molecule has 1 rings (SSSR count). The summed E-state index contributed by atoms with van der Waals surface area (Å²) >= 11 is 0. The molecular weight excluding hydrogens is 166 g/mol. The van der Waals surface area contributed by atoms with Crippen molar-refractivity contribution in [3.8, 4) is 0 Å². The van der Waals surface area contributed by atoms with Gasteiger partial charge in [-0.05, 0) is 32.2 Å². The Labute approximate surface area is 80.7 Å².